The molecule has 2 rings (SSSR count). The average molecular weight is 215 g/mol. The Labute approximate surface area is 95.9 Å². The van der Waals surface area contributed by atoms with Gasteiger partial charge in [-0.2, -0.15) is 5.10 Å². The minimum Gasteiger partial charge on any atom is -0.330 e. The third-order valence-electron chi connectivity index (χ3n) is 2.67. The molecule has 0 aliphatic heterocycles. The zero-order valence-electron chi connectivity index (χ0n) is 9.77. The Kier molecular flexibility index (Phi) is 3.06. The first-order valence-electron chi connectivity index (χ1n) is 5.52. The van der Waals surface area contributed by atoms with E-state index in [0.29, 0.717) is 6.54 Å². The largest absolute Gasteiger partial charge is 0.330 e. The molecule has 0 saturated carbocycles. The van der Waals surface area contributed by atoms with Gasteiger partial charge in [0.1, 0.15) is 0 Å². The normalized spacial score (nSPS) is 10.7. The molecule has 1 heterocycles. The van der Waals surface area contributed by atoms with Crippen molar-refractivity contribution in [2.45, 2.75) is 20.3 Å². The van der Waals surface area contributed by atoms with E-state index in [1.807, 2.05) is 17.1 Å². The number of nitrogens with two attached hydrogens (primary N) is 1. The summed E-state index contributed by atoms with van der Waals surface area (Å²) in [6.45, 7) is 4.87. The van der Waals surface area contributed by atoms with Crippen LogP contribution in [0.15, 0.2) is 30.6 Å². The highest BCUT2D eigenvalue weighted by Gasteiger charge is 2.03. The summed E-state index contributed by atoms with van der Waals surface area (Å²) in [4.78, 5) is 0. The van der Waals surface area contributed by atoms with Gasteiger partial charge < -0.3 is 5.73 Å². The highest BCUT2D eigenvalue weighted by atomic mass is 15.3. The van der Waals surface area contributed by atoms with E-state index in [4.69, 9.17) is 5.73 Å². The molecular formula is C13H17N3. The summed E-state index contributed by atoms with van der Waals surface area (Å²) in [5, 5.41) is 4.36. The van der Waals surface area contributed by atoms with Crippen LogP contribution in [0.25, 0.3) is 5.69 Å². The number of nitrogens with zero attached hydrogens (tertiary/aromatic N) is 2. The molecule has 3 nitrogen and oxygen atoms in total. The van der Waals surface area contributed by atoms with Crippen molar-refractivity contribution in [3.63, 3.8) is 0 Å². The predicted octanol–water partition coefficient (Wildman–Crippen LogP) is 1.99. The quantitative estimate of drug-likeness (QED) is 0.851. The van der Waals surface area contributed by atoms with E-state index in [9.17, 15) is 0 Å². The van der Waals surface area contributed by atoms with Gasteiger partial charge in [-0.15, -0.1) is 0 Å². The highest BCUT2D eigenvalue weighted by Crippen LogP contribution is 2.15. The SMILES string of the molecule is Cc1ccc(-n2cc(CCN)cn2)c(C)c1. The second kappa shape index (κ2) is 4.49. The summed E-state index contributed by atoms with van der Waals surface area (Å²) in [6, 6.07) is 6.37. The lowest BCUT2D eigenvalue weighted by atomic mass is 10.1. The Morgan fingerprint density at radius 1 is 1.31 bits per heavy atom. The molecule has 1 aromatic heterocycles. The summed E-state index contributed by atoms with van der Waals surface area (Å²) in [5.41, 5.74) is 10.3. The van der Waals surface area contributed by atoms with Crippen molar-refractivity contribution >= 4 is 0 Å². The van der Waals surface area contributed by atoms with Crippen molar-refractivity contribution in [1.29, 1.82) is 0 Å². The molecule has 0 fully saturated rings. The molecule has 1 aromatic carbocycles. The number of hydrogen-bond acceptors (Lipinski definition) is 2. The monoisotopic (exact) mass is 215 g/mol. The van der Waals surface area contributed by atoms with E-state index in [1.165, 1.54) is 16.7 Å². The zero-order chi connectivity index (χ0) is 11.5. The first-order valence-corrected chi connectivity index (χ1v) is 5.52. The molecule has 0 aliphatic carbocycles. The molecule has 0 unspecified atom stereocenters. The van der Waals surface area contributed by atoms with Crippen LogP contribution in [0.2, 0.25) is 0 Å². The lowest BCUT2D eigenvalue weighted by Crippen LogP contribution is -2.02. The zero-order valence-corrected chi connectivity index (χ0v) is 9.77. The summed E-state index contributed by atoms with van der Waals surface area (Å²) < 4.78 is 1.92. The van der Waals surface area contributed by atoms with Crippen molar-refractivity contribution < 1.29 is 0 Å². The van der Waals surface area contributed by atoms with Crippen LogP contribution in [0.4, 0.5) is 0 Å². The predicted molar refractivity (Wildman–Crippen MR) is 65.8 cm³/mol. The molecule has 0 amide bonds. The van der Waals surface area contributed by atoms with E-state index in [0.717, 1.165) is 12.1 Å². The van der Waals surface area contributed by atoms with E-state index >= 15 is 0 Å². The van der Waals surface area contributed by atoms with E-state index in [1.54, 1.807) is 0 Å². The second-order valence-electron chi connectivity index (χ2n) is 4.12. The lowest BCUT2D eigenvalue weighted by molar-refractivity contribution is 0.870. The third-order valence-corrected chi connectivity index (χ3v) is 2.67. The number of hydrogen-bond donors (Lipinski definition) is 1. The van der Waals surface area contributed by atoms with Gasteiger partial charge >= 0.3 is 0 Å². The third kappa shape index (κ3) is 2.14. The molecule has 3 heteroatoms. The Bertz CT molecular complexity index is 486. The lowest BCUT2D eigenvalue weighted by Gasteiger charge is -2.06. The van der Waals surface area contributed by atoms with Gasteiger partial charge in [-0.05, 0) is 44.0 Å². The maximum Gasteiger partial charge on any atom is 0.0674 e. The standard InChI is InChI=1S/C13H17N3/c1-10-3-4-13(11(2)7-10)16-9-12(5-6-14)8-15-16/h3-4,7-9H,5-6,14H2,1-2H3. The van der Waals surface area contributed by atoms with Crippen molar-refractivity contribution in [3.8, 4) is 5.69 Å². The van der Waals surface area contributed by atoms with Gasteiger partial charge in [0.15, 0.2) is 0 Å². The highest BCUT2D eigenvalue weighted by molar-refractivity contribution is 5.42. The number of benzene rings is 1. The van der Waals surface area contributed by atoms with Gasteiger partial charge in [0.2, 0.25) is 0 Å². The van der Waals surface area contributed by atoms with Gasteiger partial charge in [0, 0.05) is 6.20 Å². The number of rotatable bonds is 3. The van der Waals surface area contributed by atoms with Crippen LogP contribution in [0.5, 0.6) is 0 Å². The molecule has 0 atom stereocenters. The Hall–Kier alpha value is -1.61. The minimum atomic E-state index is 0.665. The molecule has 0 aliphatic rings. The number of aromatic nitrogens is 2. The van der Waals surface area contributed by atoms with E-state index in [-0.39, 0.29) is 0 Å². The van der Waals surface area contributed by atoms with Crippen molar-refractivity contribution in [3.05, 3.63) is 47.3 Å². The van der Waals surface area contributed by atoms with Crippen LogP contribution in [0, 0.1) is 13.8 Å². The van der Waals surface area contributed by atoms with Gasteiger partial charge in [-0.3, -0.25) is 0 Å². The molecule has 0 bridgehead atoms. The molecule has 0 radical (unpaired) electrons. The van der Waals surface area contributed by atoms with Crippen LogP contribution >= 0.6 is 0 Å². The van der Waals surface area contributed by atoms with Crippen LogP contribution < -0.4 is 5.73 Å². The second-order valence-corrected chi connectivity index (χ2v) is 4.12. The Morgan fingerprint density at radius 2 is 2.12 bits per heavy atom. The van der Waals surface area contributed by atoms with E-state index in [2.05, 4.69) is 37.1 Å². The smallest absolute Gasteiger partial charge is 0.0674 e. The summed E-state index contributed by atoms with van der Waals surface area (Å²) in [7, 11) is 0. The van der Waals surface area contributed by atoms with Crippen LogP contribution in [0.1, 0.15) is 16.7 Å². The maximum absolute atomic E-state index is 5.52. The summed E-state index contributed by atoms with van der Waals surface area (Å²) >= 11 is 0. The fourth-order valence-corrected chi connectivity index (χ4v) is 1.85. The first-order chi connectivity index (χ1) is 7.70. The van der Waals surface area contributed by atoms with Crippen molar-refractivity contribution in [1.82, 2.24) is 9.78 Å². The molecule has 16 heavy (non-hydrogen) atoms. The molecule has 84 valence electrons. The van der Waals surface area contributed by atoms with Gasteiger partial charge in [-0.25, -0.2) is 4.68 Å². The maximum atomic E-state index is 5.52. The minimum absolute atomic E-state index is 0.665. The Balaban J connectivity index is 2.35. The summed E-state index contributed by atoms with van der Waals surface area (Å²) in [5.74, 6) is 0. The topological polar surface area (TPSA) is 43.8 Å². The van der Waals surface area contributed by atoms with Crippen molar-refractivity contribution in [2.75, 3.05) is 6.54 Å². The Morgan fingerprint density at radius 3 is 2.81 bits per heavy atom. The number of aryl methyl sites for hydroxylation is 2. The van der Waals surface area contributed by atoms with Crippen LogP contribution in [0.3, 0.4) is 0 Å². The van der Waals surface area contributed by atoms with Gasteiger partial charge in [0.25, 0.3) is 0 Å². The van der Waals surface area contributed by atoms with Crippen molar-refractivity contribution in [2.24, 2.45) is 5.73 Å². The van der Waals surface area contributed by atoms with E-state index < -0.39 is 0 Å². The summed E-state index contributed by atoms with van der Waals surface area (Å²) in [6.07, 6.45) is 4.81. The average Bonchev–Trinajstić information content (AvgIpc) is 2.67. The molecule has 2 N–H and O–H groups in total. The molecular weight excluding hydrogens is 198 g/mol. The fraction of sp³-hybridized carbons (Fsp3) is 0.308. The van der Waals surface area contributed by atoms with Gasteiger partial charge in [-0.1, -0.05) is 17.7 Å². The fourth-order valence-electron chi connectivity index (χ4n) is 1.85. The molecule has 2 aromatic rings. The first kappa shape index (κ1) is 10.9. The molecule has 0 spiro atoms. The van der Waals surface area contributed by atoms with Crippen LogP contribution in [-0.4, -0.2) is 16.3 Å². The van der Waals surface area contributed by atoms with Crippen LogP contribution in [-0.2, 0) is 6.42 Å². The molecule has 0 saturated heterocycles. The van der Waals surface area contributed by atoms with Gasteiger partial charge in [0.05, 0.1) is 11.9 Å².